The van der Waals surface area contributed by atoms with Gasteiger partial charge in [0.1, 0.15) is 16.9 Å². The quantitative estimate of drug-likeness (QED) is 0.531. The van der Waals surface area contributed by atoms with Crippen LogP contribution in [0.1, 0.15) is 52.6 Å². The number of ketones is 1. The average Bonchev–Trinajstić information content (AvgIpc) is 3.17. The number of benzene rings is 1. The molecule has 1 atom stereocenters. The number of carbonyl (C=O) groups is 1. The number of hydrogen-bond acceptors (Lipinski definition) is 5. The third-order valence-electron chi connectivity index (χ3n) is 5.29. The highest BCUT2D eigenvalue weighted by Gasteiger charge is 2.33. The highest BCUT2D eigenvalue weighted by atomic mass is 35.5. The Kier molecular flexibility index (Phi) is 5.00. The molecule has 0 saturated carbocycles. The molecule has 1 aromatic carbocycles. The van der Waals surface area contributed by atoms with E-state index in [4.69, 9.17) is 16.6 Å². The standard InChI is InChI=1S/C22H21ClN4OS/c1-6-17(28)12(3)19-21-26-25-14(5)27(21)22-18(11(2)13(4)29-22)20(24-19)15-7-9-16(23)10-8-15/h7-10,19H,3,6H2,1-2,4-5H3/t19-/m0/s1. The minimum atomic E-state index is -0.589. The van der Waals surface area contributed by atoms with Gasteiger partial charge in [0.2, 0.25) is 0 Å². The SMILES string of the molecule is C=C(C(=O)CC)[C@@H]1N=C(c2ccc(Cl)cc2)c2c(sc(C)c2C)-n2c(C)nnc21. The van der Waals surface area contributed by atoms with Crippen LogP contribution in [0.25, 0.3) is 5.00 Å². The minimum absolute atomic E-state index is 0.0282. The molecule has 0 aliphatic carbocycles. The number of hydrogen-bond donors (Lipinski definition) is 0. The van der Waals surface area contributed by atoms with E-state index in [2.05, 4.69) is 30.6 Å². The maximum atomic E-state index is 12.5. The topological polar surface area (TPSA) is 60.1 Å². The number of fused-ring (bicyclic) bond motifs is 3. The number of rotatable bonds is 4. The van der Waals surface area contributed by atoms with Crippen LogP contribution in [-0.2, 0) is 4.79 Å². The first-order valence-electron chi connectivity index (χ1n) is 9.41. The van der Waals surface area contributed by atoms with Gasteiger partial charge in [-0.05, 0) is 38.5 Å². The minimum Gasteiger partial charge on any atom is -0.294 e. The Labute approximate surface area is 178 Å². The predicted octanol–water partition coefficient (Wildman–Crippen LogP) is 5.33. The fourth-order valence-corrected chi connectivity index (χ4v) is 4.88. The molecular weight excluding hydrogens is 404 g/mol. The van der Waals surface area contributed by atoms with Gasteiger partial charge in [0.15, 0.2) is 11.6 Å². The van der Waals surface area contributed by atoms with E-state index in [9.17, 15) is 4.79 Å². The van der Waals surface area contributed by atoms with Crippen LogP contribution in [0.2, 0.25) is 5.02 Å². The summed E-state index contributed by atoms with van der Waals surface area (Å²) in [7, 11) is 0. The molecule has 5 nitrogen and oxygen atoms in total. The van der Waals surface area contributed by atoms with Gasteiger partial charge in [-0.3, -0.25) is 14.4 Å². The molecule has 0 amide bonds. The molecule has 3 heterocycles. The molecule has 29 heavy (non-hydrogen) atoms. The van der Waals surface area contributed by atoms with E-state index in [0.29, 0.717) is 22.8 Å². The van der Waals surface area contributed by atoms with Crippen LogP contribution < -0.4 is 0 Å². The lowest BCUT2D eigenvalue weighted by Crippen LogP contribution is -2.13. The van der Waals surface area contributed by atoms with Gasteiger partial charge in [-0.25, -0.2) is 0 Å². The van der Waals surface area contributed by atoms with Gasteiger partial charge in [0.25, 0.3) is 0 Å². The number of halogens is 1. The normalized spacial score (nSPS) is 15.3. The van der Waals surface area contributed by atoms with Crippen LogP contribution in [0.4, 0.5) is 0 Å². The number of nitrogens with zero attached hydrogens (tertiary/aromatic N) is 4. The zero-order valence-electron chi connectivity index (χ0n) is 16.8. The molecule has 2 aromatic heterocycles. The second-order valence-corrected chi connectivity index (χ2v) is 8.73. The van der Waals surface area contributed by atoms with Crippen molar-refractivity contribution in [3.8, 4) is 5.00 Å². The molecule has 0 radical (unpaired) electrons. The van der Waals surface area contributed by atoms with Crippen LogP contribution in [0.15, 0.2) is 41.4 Å². The molecule has 0 N–H and O–H groups in total. The maximum Gasteiger partial charge on any atom is 0.167 e. The maximum absolute atomic E-state index is 12.5. The van der Waals surface area contributed by atoms with Crippen LogP contribution >= 0.6 is 22.9 Å². The summed E-state index contributed by atoms with van der Waals surface area (Å²) in [5, 5.41) is 10.4. The summed E-state index contributed by atoms with van der Waals surface area (Å²) < 4.78 is 2.02. The van der Waals surface area contributed by atoms with Crippen molar-refractivity contribution in [2.75, 3.05) is 0 Å². The van der Waals surface area contributed by atoms with Crippen LogP contribution in [-0.4, -0.2) is 26.3 Å². The summed E-state index contributed by atoms with van der Waals surface area (Å²) in [5.41, 5.74) is 4.38. The van der Waals surface area contributed by atoms with E-state index in [1.54, 1.807) is 11.3 Å². The molecule has 7 heteroatoms. The first-order chi connectivity index (χ1) is 13.8. The monoisotopic (exact) mass is 424 g/mol. The van der Waals surface area contributed by atoms with Crippen molar-refractivity contribution in [3.63, 3.8) is 0 Å². The number of aromatic nitrogens is 3. The molecule has 1 aliphatic heterocycles. The number of aliphatic imine (C=N–C) groups is 1. The third kappa shape index (κ3) is 3.16. The van der Waals surface area contributed by atoms with E-state index in [1.807, 2.05) is 42.7 Å². The van der Waals surface area contributed by atoms with E-state index < -0.39 is 6.04 Å². The predicted molar refractivity (Wildman–Crippen MR) is 118 cm³/mol. The van der Waals surface area contributed by atoms with Gasteiger partial charge in [-0.15, -0.1) is 21.5 Å². The van der Waals surface area contributed by atoms with Gasteiger partial charge >= 0.3 is 0 Å². The van der Waals surface area contributed by atoms with Crippen molar-refractivity contribution in [3.05, 3.63) is 74.7 Å². The number of Topliss-reactive ketones (excluding diaryl/α,β-unsaturated/α-hetero) is 1. The zero-order chi connectivity index (χ0) is 20.9. The molecule has 0 saturated heterocycles. The van der Waals surface area contributed by atoms with Crippen LogP contribution in [0.5, 0.6) is 0 Å². The summed E-state index contributed by atoms with van der Waals surface area (Å²) in [6, 6.07) is 7.03. The largest absolute Gasteiger partial charge is 0.294 e. The molecule has 0 unspecified atom stereocenters. The summed E-state index contributed by atoms with van der Waals surface area (Å²) in [6.45, 7) is 12.0. The molecule has 3 aromatic rings. The lowest BCUT2D eigenvalue weighted by atomic mass is 9.98. The van der Waals surface area contributed by atoms with E-state index in [-0.39, 0.29) is 5.78 Å². The Hall–Kier alpha value is -2.57. The molecule has 4 rings (SSSR count). The molecule has 0 fully saturated rings. The molecule has 1 aliphatic rings. The summed E-state index contributed by atoms with van der Waals surface area (Å²) in [6.07, 6.45) is 0.369. The molecule has 0 spiro atoms. The van der Waals surface area contributed by atoms with Gasteiger partial charge < -0.3 is 0 Å². The van der Waals surface area contributed by atoms with E-state index in [0.717, 1.165) is 33.2 Å². The number of carbonyl (C=O) groups excluding carboxylic acids is 1. The molecular formula is C22H21ClN4OS. The Bertz CT molecular complexity index is 1170. The zero-order valence-corrected chi connectivity index (χ0v) is 18.4. The summed E-state index contributed by atoms with van der Waals surface area (Å²) >= 11 is 7.80. The first kappa shape index (κ1) is 19.7. The highest BCUT2D eigenvalue weighted by molar-refractivity contribution is 7.15. The van der Waals surface area contributed by atoms with Crippen molar-refractivity contribution in [1.29, 1.82) is 0 Å². The lowest BCUT2D eigenvalue weighted by molar-refractivity contribution is -0.115. The van der Waals surface area contributed by atoms with Gasteiger partial charge in [0.05, 0.1) is 5.71 Å². The smallest absolute Gasteiger partial charge is 0.167 e. The van der Waals surface area contributed by atoms with E-state index in [1.165, 1.54) is 4.88 Å². The molecule has 148 valence electrons. The molecule has 0 bridgehead atoms. The second-order valence-electron chi connectivity index (χ2n) is 7.09. The summed E-state index contributed by atoms with van der Waals surface area (Å²) in [4.78, 5) is 18.8. The summed E-state index contributed by atoms with van der Waals surface area (Å²) in [5.74, 6) is 1.36. The van der Waals surface area contributed by atoms with Crippen molar-refractivity contribution in [1.82, 2.24) is 14.8 Å². The fourth-order valence-electron chi connectivity index (χ4n) is 3.54. The Morgan fingerprint density at radius 2 is 1.90 bits per heavy atom. The first-order valence-corrected chi connectivity index (χ1v) is 10.6. The third-order valence-corrected chi connectivity index (χ3v) is 6.73. The Morgan fingerprint density at radius 1 is 1.21 bits per heavy atom. The number of thiophene rings is 1. The van der Waals surface area contributed by atoms with Crippen molar-refractivity contribution < 1.29 is 4.79 Å². The Morgan fingerprint density at radius 3 is 2.55 bits per heavy atom. The van der Waals surface area contributed by atoms with Crippen molar-refractivity contribution in [2.24, 2.45) is 4.99 Å². The fraction of sp³-hybridized carbons (Fsp3) is 0.273. The van der Waals surface area contributed by atoms with Crippen molar-refractivity contribution in [2.45, 2.75) is 40.2 Å². The van der Waals surface area contributed by atoms with Crippen molar-refractivity contribution >= 4 is 34.4 Å². The van der Waals surface area contributed by atoms with Crippen LogP contribution in [0.3, 0.4) is 0 Å². The second kappa shape index (κ2) is 7.35. The van der Waals surface area contributed by atoms with E-state index >= 15 is 0 Å². The average molecular weight is 425 g/mol. The van der Waals surface area contributed by atoms with Gasteiger partial charge in [0, 0.05) is 33.0 Å². The Balaban J connectivity index is 2.05. The number of aryl methyl sites for hydroxylation is 2. The lowest BCUT2D eigenvalue weighted by Gasteiger charge is -2.14. The van der Waals surface area contributed by atoms with Gasteiger partial charge in [-0.1, -0.05) is 37.2 Å². The van der Waals surface area contributed by atoms with Crippen LogP contribution in [0, 0.1) is 20.8 Å². The highest BCUT2D eigenvalue weighted by Crippen LogP contribution is 2.40. The van der Waals surface area contributed by atoms with Gasteiger partial charge in [-0.2, -0.15) is 0 Å².